The topological polar surface area (TPSA) is 55.1 Å². The summed E-state index contributed by atoms with van der Waals surface area (Å²) in [4.78, 5) is 5.16. The number of nitrogens with zero attached hydrogens (tertiary/aromatic N) is 2. The summed E-state index contributed by atoms with van der Waals surface area (Å²) < 4.78 is 25.0. The predicted octanol–water partition coefficient (Wildman–Crippen LogP) is 5.50. The molecule has 30 heavy (non-hydrogen) atoms. The van der Waals surface area contributed by atoms with E-state index in [-0.39, 0.29) is 11.2 Å². The van der Waals surface area contributed by atoms with E-state index < -0.39 is 5.82 Å². The van der Waals surface area contributed by atoms with Gasteiger partial charge in [0.1, 0.15) is 6.07 Å². The lowest BCUT2D eigenvalue weighted by Gasteiger charge is -2.31. The molecule has 1 fully saturated rings. The zero-order chi connectivity index (χ0) is 21.1. The van der Waals surface area contributed by atoms with Gasteiger partial charge in [-0.3, -0.25) is 4.98 Å². The molecule has 0 saturated heterocycles. The molecule has 0 unspecified atom stereocenters. The zero-order valence-electron chi connectivity index (χ0n) is 17.9. The van der Waals surface area contributed by atoms with E-state index in [2.05, 4.69) is 6.07 Å². The van der Waals surface area contributed by atoms with Crippen LogP contribution in [0.5, 0.6) is 5.75 Å². The average molecular weight is 409 g/mol. The minimum absolute atomic E-state index is 0.199. The van der Waals surface area contributed by atoms with Gasteiger partial charge in [0.05, 0.1) is 25.0 Å². The highest BCUT2D eigenvalue weighted by molar-refractivity contribution is 5.77. The van der Waals surface area contributed by atoms with Gasteiger partial charge < -0.3 is 9.47 Å². The Balaban J connectivity index is 2.02. The Hall–Kier alpha value is -2.45. The van der Waals surface area contributed by atoms with Crippen LogP contribution in [-0.2, 0) is 23.0 Å². The van der Waals surface area contributed by atoms with Crippen LogP contribution in [0.15, 0.2) is 18.2 Å². The van der Waals surface area contributed by atoms with Crippen molar-refractivity contribution in [1.82, 2.24) is 4.98 Å². The van der Waals surface area contributed by atoms with Crippen molar-refractivity contribution in [3.63, 3.8) is 0 Å². The van der Waals surface area contributed by atoms with Crippen LogP contribution >= 0.6 is 0 Å². The number of benzene rings is 1. The number of fused-ring (bicyclic) bond motifs is 1. The number of hydrogen-bond donors (Lipinski definition) is 0. The second-order valence-corrected chi connectivity index (χ2v) is 8.58. The molecule has 158 valence electrons. The monoisotopic (exact) mass is 408 g/mol. The molecule has 1 aromatic heterocycles. The molecule has 0 spiro atoms. The van der Waals surface area contributed by atoms with Gasteiger partial charge in [-0.25, -0.2) is 4.39 Å². The molecule has 2 aliphatic carbocycles. The van der Waals surface area contributed by atoms with Crippen LogP contribution in [0, 0.1) is 17.1 Å². The van der Waals surface area contributed by atoms with Crippen LogP contribution in [-0.4, -0.2) is 25.8 Å². The van der Waals surface area contributed by atoms with Crippen molar-refractivity contribution >= 4 is 0 Å². The number of pyridine rings is 1. The van der Waals surface area contributed by atoms with E-state index >= 15 is 0 Å². The molecule has 1 heterocycles. The fourth-order valence-electron chi connectivity index (χ4n) is 5.32. The average Bonchev–Trinajstić information content (AvgIpc) is 3.11. The van der Waals surface area contributed by atoms with Crippen LogP contribution in [0.25, 0.3) is 11.1 Å². The highest BCUT2D eigenvalue weighted by Crippen LogP contribution is 2.46. The molecule has 5 heteroatoms. The van der Waals surface area contributed by atoms with E-state index in [1.54, 1.807) is 19.2 Å². The summed E-state index contributed by atoms with van der Waals surface area (Å²) in [6.07, 6.45) is 9.34. The van der Waals surface area contributed by atoms with Gasteiger partial charge in [-0.1, -0.05) is 25.3 Å². The van der Waals surface area contributed by atoms with E-state index in [0.29, 0.717) is 12.2 Å². The fourth-order valence-corrected chi connectivity index (χ4v) is 5.32. The van der Waals surface area contributed by atoms with Gasteiger partial charge in [-0.05, 0) is 61.8 Å². The largest absolute Gasteiger partial charge is 0.494 e. The first-order chi connectivity index (χ1) is 14.6. The van der Waals surface area contributed by atoms with Crippen LogP contribution in [0.1, 0.15) is 67.5 Å². The number of hydrogen-bond acceptors (Lipinski definition) is 4. The van der Waals surface area contributed by atoms with E-state index in [9.17, 15) is 9.65 Å². The van der Waals surface area contributed by atoms with Crippen molar-refractivity contribution in [2.45, 2.75) is 63.2 Å². The summed E-state index contributed by atoms with van der Waals surface area (Å²) in [5, 5.41) is 10.3. The molecule has 2 aromatic rings. The molecule has 0 aliphatic heterocycles. The molecule has 0 radical (unpaired) electrons. The van der Waals surface area contributed by atoms with Crippen LogP contribution in [0.4, 0.5) is 4.39 Å². The highest BCUT2D eigenvalue weighted by Gasteiger charge is 2.41. The first-order valence-electron chi connectivity index (χ1n) is 10.9. The van der Waals surface area contributed by atoms with Gasteiger partial charge in [0.2, 0.25) is 0 Å². The van der Waals surface area contributed by atoms with E-state index in [4.69, 9.17) is 14.5 Å². The Bertz CT molecular complexity index is 974. The first-order valence-corrected chi connectivity index (χ1v) is 10.9. The molecular weight excluding hydrogens is 379 g/mol. The van der Waals surface area contributed by atoms with Crippen molar-refractivity contribution in [2.24, 2.45) is 0 Å². The van der Waals surface area contributed by atoms with Crippen molar-refractivity contribution < 1.29 is 13.9 Å². The molecule has 2 aliphatic rings. The van der Waals surface area contributed by atoms with Crippen molar-refractivity contribution in [3.8, 4) is 22.9 Å². The third kappa shape index (κ3) is 3.58. The van der Waals surface area contributed by atoms with Gasteiger partial charge >= 0.3 is 0 Å². The Morgan fingerprint density at radius 2 is 1.87 bits per heavy atom. The van der Waals surface area contributed by atoms with E-state index in [1.165, 1.54) is 13.2 Å². The van der Waals surface area contributed by atoms with E-state index in [1.807, 2.05) is 0 Å². The van der Waals surface area contributed by atoms with Crippen molar-refractivity contribution in [2.75, 3.05) is 20.8 Å². The van der Waals surface area contributed by atoms with Gasteiger partial charge in [0, 0.05) is 23.8 Å². The second kappa shape index (κ2) is 8.73. The minimum atomic E-state index is -0.397. The normalized spacial score (nSPS) is 17.8. The quantitative estimate of drug-likeness (QED) is 0.614. The number of aryl methyl sites for hydroxylation is 1. The SMILES string of the molecule is COCC1(c2nc3c(c(-c4ccc(F)c(OC)c4)c2C#N)CCCCC3)CCCC1. The summed E-state index contributed by atoms with van der Waals surface area (Å²) in [5.74, 6) is -0.198. The molecule has 4 rings (SSSR count). The molecular formula is C25H29FN2O2. The molecule has 0 atom stereocenters. The fraction of sp³-hybridized carbons (Fsp3) is 0.520. The predicted molar refractivity (Wildman–Crippen MR) is 114 cm³/mol. The number of methoxy groups -OCH3 is 2. The third-order valence-corrected chi connectivity index (χ3v) is 6.76. The maximum Gasteiger partial charge on any atom is 0.165 e. The lowest BCUT2D eigenvalue weighted by molar-refractivity contribution is 0.129. The van der Waals surface area contributed by atoms with Gasteiger partial charge in [-0.2, -0.15) is 5.26 Å². The number of rotatable bonds is 5. The standard InChI is InChI=1S/C25H29FN2O2/c1-29-16-25(12-6-7-13-25)24-19(15-27)23(17-10-11-20(26)22(14-17)30-2)18-8-4-3-5-9-21(18)28-24/h10-11,14H,3-9,12-13,16H2,1-2H3. The number of aromatic nitrogens is 1. The maximum atomic E-state index is 14.1. The lowest BCUT2D eigenvalue weighted by atomic mass is 9.78. The Kier molecular flexibility index (Phi) is 6.06. The Morgan fingerprint density at radius 1 is 1.10 bits per heavy atom. The smallest absolute Gasteiger partial charge is 0.165 e. The molecule has 4 nitrogen and oxygen atoms in total. The van der Waals surface area contributed by atoms with Gasteiger partial charge in [0.15, 0.2) is 11.6 Å². The van der Waals surface area contributed by atoms with Crippen molar-refractivity contribution in [1.29, 1.82) is 5.26 Å². The molecule has 1 aromatic carbocycles. The van der Waals surface area contributed by atoms with Crippen molar-refractivity contribution in [3.05, 3.63) is 46.5 Å². The summed E-state index contributed by atoms with van der Waals surface area (Å²) in [6, 6.07) is 7.41. The minimum Gasteiger partial charge on any atom is -0.494 e. The number of nitriles is 1. The van der Waals surface area contributed by atoms with Crippen LogP contribution < -0.4 is 4.74 Å². The highest BCUT2D eigenvalue weighted by atomic mass is 19.1. The second-order valence-electron chi connectivity index (χ2n) is 8.58. The first kappa shape index (κ1) is 20.8. The van der Waals surface area contributed by atoms with Crippen LogP contribution in [0.3, 0.4) is 0 Å². The third-order valence-electron chi connectivity index (χ3n) is 6.76. The van der Waals surface area contributed by atoms with Crippen LogP contribution in [0.2, 0.25) is 0 Å². The van der Waals surface area contributed by atoms with Gasteiger partial charge in [-0.15, -0.1) is 0 Å². The summed E-state index contributed by atoms with van der Waals surface area (Å²) in [5.41, 5.74) is 5.28. The zero-order valence-corrected chi connectivity index (χ0v) is 17.9. The summed E-state index contributed by atoms with van der Waals surface area (Å²) in [6.45, 7) is 0.569. The Morgan fingerprint density at radius 3 is 2.57 bits per heavy atom. The Labute approximate surface area is 178 Å². The van der Waals surface area contributed by atoms with E-state index in [0.717, 1.165) is 85.9 Å². The molecule has 0 N–H and O–H groups in total. The molecule has 0 amide bonds. The summed E-state index contributed by atoms with van der Waals surface area (Å²) >= 11 is 0. The number of ether oxygens (including phenoxy) is 2. The number of halogens is 1. The maximum absolute atomic E-state index is 14.1. The summed E-state index contributed by atoms with van der Waals surface area (Å²) in [7, 11) is 3.19. The van der Waals surface area contributed by atoms with Gasteiger partial charge in [0.25, 0.3) is 0 Å². The lowest BCUT2D eigenvalue weighted by Crippen LogP contribution is -2.31. The molecule has 1 saturated carbocycles. The molecule has 0 bridgehead atoms.